The number of nitrogens with one attached hydrogen (secondary N) is 1. The Morgan fingerprint density at radius 2 is 1.73 bits per heavy atom. The van der Waals surface area contributed by atoms with Gasteiger partial charge < -0.3 is 14.8 Å². The lowest BCUT2D eigenvalue weighted by molar-refractivity contribution is -0.137. The van der Waals surface area contributed by atoms with Crippen LogP contribution in [0.15, 0.2) is 48.5 Å². The van der Waals surface area contributed by atoms with E-state index in [2.05, 4.69) is 14.9 Å². The molecule has 1 aliphatic rings. The van der Waals surface area contributed by atoms with Crippen LogP contribution in [0.25, 0.3) is 11.0 Å². The third kappa shape index (κ3) is 5.02. The topological polar surface area (TPSA) is 67.2 Å². The molecular weight excluding hydrogens is 433 g/mol. The van der Waals surface area contributed by atoms with Gasteiger partial charge in [-0.1, -0.05) is 12.1 Å². The predicted molar refractivity (Wildman–Crippen MR) is 118 cm³/mol. The highest BCUT2D eigenvalue weighted by Crippen LogP contribution is 2.29. The molecule has 2 amide bonds. The molecule has 9 heteroatoms. The second-order valence-electron chi connectivity index (χ2n) is 8.23. The van der Waals surface area contributed by atoms with Crippen molar-refractivity contribution in [1.82, 2.24) is 19.8 Å². The number of carbonyl (C=O) groups is 2. The number of nitrogens with zero attached hydrogens (tertiary/aromatic N) is 3. The Morgan fingerprint density at radius 3 is 2.39 bits per heavy atom. The zero-order valence-electron chi connectivity index (χ0n) is 18.2. The Balaban J connectivity index is 1.26. The molecule has 1 saturated heterocycles. The number of alkyl halides is 3. The summed E-state index contributed by atoms with van der Waals surface area (Å²) >= 11 is 0. The second-order valence-corrected chi connectivity index (χ2v) is 8.23. The lowest BCUT2D eigenvalue weighted by Crippen LogP contribution is -2.43. The van der Waals surface area contributed by atoms with Gasteiger partial charge in [-0.3, -0.25) is 9.59 Å². The number of likely N-dealkylation sites (tertiary alicyclic amines) is 1. The summed E-state index contributed by atoms with van der Waals surface area (Å²) in [5, 5.41) is 2.98. The standard InChI is InChI=1S/C24H25F3N4O2/c1-16-29-20-4-2-3-5-21(20)31(16)15-12-28-22(32)17-10-13-30(14-11-17)23(33)18-6-8-19(9-7-18)24(25,26)27/h2-9,17H,10-15H2,1H3,(H,28,32). The number of para-hydroxylation sites is 2. The van der Waals surface area contributed by atoms with Gasteiger partial charge in [0.25, 0.3) is 5.91 Å². The van der Waals surface area contributed by atoms with Crippen LogP contribution in [-0.4, -0.2) is 45.9 Å². The molecule has 33 heavy (non-hydrogen) atoms. The van der Waals surface area contributed by atoms with Crippen LogP contribution in [0.2, 0.25) is 0 Å². The number of halogens is 3. The predicted octanol–water partition coefficient (Wildman–Crippen LogP) is 4.03. The minimum atomic E-state index is -4.43. The van der Waals surface area contributed by atoms with Crippen LogP contribution in [0.5, 0.6) is 0 Å². The number of fused-ring (bicyclic) bond motifs is 1. The van der Waals surface area contributed by atoms with Gasteiger partial charge in [0.1, 0.15) is 5.82 Å². The maximum atomic E-state index is 12.7. The van der Waals surface area contributed by atoms with Crippen LogP contribution in [-0.2, 0) is 17.5 Å². The van der Waals surface area contributed by atoms with E-state index < -0.39 is 11.7 Å². The van der Waals surface area contributed by atoms with Crippen molar-refractivity contribution in [2.75, 3.05) is 19.6 Å². The van der Waals surface area contributed by atoms with Crippen molar-refractivity contribution in [2.24, 2.45) is 5.92 Å². The first-order chi connectivity index (χ1) is 15.7. The maximum Gasteiger partial charge on any atom is 0.416 e. The van der Waals surface area contributed by atoms with E-state index in [0.717, 1.165) is 29.0 Å². The van der Waals surface area contributed by atoms with Gasteiger partial charge in [-0.2, -0.15) is 13.2 Å². The summed E-state index contributed by atoms with van der Waals surface area (Å²) in [5.41, 5.74) is 1.38. The fraction of sp³-hybridized carbons (Fsp3) is 0.375. The Morgan fingerprint density at radius 1 is 1.06 bits per heavy atom. The zero-order chi connectivity index (χ0) is 23.6. The number of hydrogen-bond acceptors (Lipinski definition) is 3. The molecule has 1 fully saturated rings. The molecule has 0 atom stereocenters. The van der Waals surface area contributed by atoms with Crippen molar-refractivity contribution >= 4 is 22.8 Å². The number of aromatic nitrogens is 2. The quantitative estimate of drug-likeness (QED) is 0.628. The van der Waals surface area contributed by atoms with Crippen LogP contribution in [0.3, 0.4) is 0 Å². The van der Waals surface area contributed by atoms with Gasteiger partial charge in [-0.15, -0.1) is 0 Å². The van der Waals surface area contributed by atoms with Crippen molar-refractivity contribution in [3.63, 3.8) is 0 Å². The molecule has 2 heterocycles. The van der Waals surface area contributed by atoms with E-state index in [-0.39, 0.29) is 23.3 Å². The molecule has 4 rings (SSSR count). The third-order valence-corrected chi connectivity index (χ3v) is 6.09. The van der Waals surface area contributed by atoms with E-state index in [1.807, 2.05) is 31.2 Å². The number of rotatable bonds is 5. The SMILES string of the molecule is Cc1nc2ccccc2n1CCNC(=O)C1CCN(C(=O)c2ccc(C(F)(F)F)cc2)CC1. The largest absolute Gasteiger partial charge is 0.416 e. The molecule has 1 aliphatic heterocycles. The Bertz CT molecular complexity index is 1150. The molecule has 0 aliphatic carbocycles. The average molecular weight is 458 g/mol. The summed E-state index contributed by atoms with van der Waals surface area (Å²) in [6.07, 6.45) is -3.40. The van der Waals surface area contributed by atoms with Gasteiger partial charge in [-0.05, 0) is 56.2 Å². The Labute approximate surface area is 189 Å². The first-order valence-electron chi connectivity index (χ1n) is 10.9. The molecule has 6 nitrogen and oxygen atoms in total. The van der Waals surface area contributed by atoms with Crippen LogP contribution in [0, 0.1) is 12.8 Å². The molecule has 0 bridgehead atoms. The number of hydrogen-bond donors (Lipinski definition) is 1. The number of imidazole rings is 1. The monoisotopic (exact) mass is 458 g/mol. The van der Waals surface area contributed by atoms with Crippen molar-refractivity contribution < 1.29 is 22.8 Å². The number of benzene rings is 2. The van der Waals surface area contributed by atoms with E-state index in [1.165, 1.54) is 12.1 Å². The molecule has 2 aromatic carbocycles. The van der Waals surface area contributed by atoms with Gasteiger partial charge >= 0.3 is 6.18 Å². The van der Waals surface area contributed by atoms with Gasteiger partial charge in [0.2, 0.25) is 5.91 Å². The van der Waals surface area contributed by atoms with E-state index in [9.17, 15) is 22.8 Å². The van der Waals surface area contributed by atoms with Crippen molar-refractivity contribution in [3.8, 4) is 0 Å². The summed E-state index contributed by atoms with van der Waals surface area (Å²) < 4.78 is 40.2. The molecular formula is C24H25F3N4O2. The summed E-state index contributed by atoms with van der Waals surface area (Å²) in [5.74, 6) is 0.339. The highest BCUT2D eigenvalue weighted by Gasteiger charge is 2.31. The lowest BCUT2D eigenvalue weighted by Gasteiger charge is -2.31. The number of carbonyl (C=O) groups excluding carboxylic acids is 2. The van der Waals surface area contributed by atoms with Gasteiger partial charge in [0.05, 0.1) is 16.6 Å². The Hall–Kier alpha value is -3.36. The molecule has 0 radical (unpaired) electrons. The summed E-state index contributed by atoms with van der Waals surface area (Å²) in [7, 11) is 0. The highest BCUT2D eigenvalue weighted by atomic mass is 19.4. The summed E-state index contributed by atoms with van der Waals surface area (Å²) in [6, 6.07) is 12.1. The normalized spacial score (nSPS) is 15.1. The Kier molecular flexibility index (Phi) is 6.40. The minimum Gasteiger partial charge on any atom is -0.354 e. The molecule has 3 aromatic rings. The van der Waals surface area contributed by atoms with Gasteiger partial charge in [-0.25, -0.2) is 4.98 Å². The minimum absolute atomic E-state index is 0.0429. The molecule has 174 valence electrons. The number of amides is 2. The number of aryl methyl sites for hydroxylation is 1. The lowest BCUT2D eigenvalue weighted by atomic mass is 9.95. The van der Waals surface area contributed by atoms with Crippen LogP contribution in [0.4, 0.5) is 13.2 Å². The van der Waals surface area contributed by atoms with Crippen molar-refractivity contribution in [2.45, 2.75) is 32.5 Å². The molecule has 1 N–H and O–H groups in total. The van der Waals surface area contributed by atoms with Crippen molar-refractivity contribution in [1.29, 1.82) is 0 Å². The average Bonchev–Trinajstić information content (AvgIpc) is 3.13. The van der Waals surface area contributed by atoms with Crippen LogP contribution >= 0.6 is 0 Å². The van der Waals surface area contributed by atoms with E-state index in [1.54, 1.807) is 4.90 Å². The van der Waals surface area contributed by atoms with E-state index >= 15 is 0 Å². The first kappa shape index (κ1) is 22.8. The highest BCUT2D eigenvalue weighted by molar-refractivity contribution is 5.94. The first-order valence-corrected chi connectivity index (χ1v) is 10.9. The fourth-order valence-electron chi connectivity index (χ4n) is 4.24. The van der Waals surface area contributed by atoms with Crippen LogP contribution < -0.4 is 5.32 Å². The van der Waals surface area contributed by atoms with E-state index in [0.29, 0.717) is 39.0 Å². The fourth-order valence-corrected chi connectivity index (χ4v) is 4.24. The van der Waals surface area contributed by atoms with Crippen molar-refractivity contribution in [3.05, 3.63) is 65.5 Å². The second kappa shape index (κ2) is 9.25. The van der Waals surface area contributed by atoms with Crippen LogP contribution in [0.1, 0.15) is 34.6 Å². The molecule has 0 unspecified atom stereocenters. The van der Waals surface area contributed by atoms with Gasteiger partial charge in [0.15, 0.2) is 0 Å². The summed E-state index contributed by atoms with van der Waals surface area (Å²) in [6.45, 7) is 3.81. The number of piperidine rings is 1. The summed E-state index contributed by atoms with van der Waals surface area (Å²) in [4.78, 5) is 31.3. The van der Waals surface area contributed by atoms with E-state index in [4.69, 9.17) is 0 Å². The smallest absolute Gasteiger partial charge is 0.354 e. The third-order valence-electron chi connectivity index (χ3n) is 6.09. The maximum absolute atomic E-state index is 12.7. The van der Waals surface area contributed by atoms with Gasteiger partial charge in [0, 0.05) is 37.7 Å². The molecule has 0 saturated carbocycles. The zero-order valence-corrected chi connectivity index (χ0v) is 18.2. The molecule has 0 spiro atoms. The molecule has 1 aromatic heterocycles.